The largest absolute Gasteiger partial charge is 0.465 e. The van der Waals surface area contributed by atoms with E-state index in [1.807, 2.05) is 90.7 Å². The first-order chi connectivity index (χ1) is 21.9. The lowest BCUT2D eigenvalue weighted by Gasteiger charge is -2.42. The van der Waals surface area contributed by atoms with Crippen LogP contribution in [-0.2, 0) is 19.7 Å². The SMILES string of the molecule is CCOC(=O)C1(c2ccccc2)CC[C@@H](C(=O)N2CCC(NC(=O)c3ccccc3N3CCN(C)CC3)CC2)c2ccccc21. The molecule has 2 heterocycles. The predicted molar refractivity (Wildman–Crippen MR) is 175 cm³/mol. The zero-order chi connectivity index (χ0) is 31.4. The molecule has 2 fully saturated rings. The lowest BCUT2D eigenvalue weighted by Crippen LogP contribution is -2.49. The molecule has 8 heteroatoms. The average Bonchev–Trinajstić information content (AvgIpc) is 3.08. The van der Waals surface area contributed by atoms with Crippen molar-refractivity contribution in [2.45, 2.75) is 50.0 Å². The van der Waals surface area contributed by atoms with E-state index in [1.54, 1.807) is 0 Å². The number of hydrogen-bond donors (Lipinski definition) is 1. The Morgan fingerprint density at radius 1 is 0.822 bits per heavy atom. The fourth-order valence-corrected chi connectivity index (χ4v) is 7.42. The summed E-state index contributed by atoms with van der Waals surface area (Å²) in [5, 5.41) is 3.27. The predicted octanol–water partition coefficient (Wildman–Crippen LogP) is 4.59. The van der Waals surface area contributed by atoms with Crippen molar-refractivity contribution in [3.8, 4) is 0 Å². The summed E-state index contributed by atoms with van der Waals surface area (Å²) in [7, 11) is 2.13. The molecular formula is C37H44N4O4. The van der Waals surface area contributed by atoms with Crippen LogP contribution < -0.4 is 10.2 Å². The van der Waals surface area contributed by atoms with Crippen molar-refractivity contribution >= 4 is 23.5 Å². The quantitative estimate of drug-likeness (QED) is 0.396. The van der Waals surface area contributed by atoms with Gasteiger partial charge in [-0.05, 0) is 68.5 Å². The average molecular weight is 609 g/mol. The number of carbonyl (C=O) groups is 3. The molecule has 3 aromatic carbocycles. The molecule has 2 saturated heterocycles. The molecule has 1 N–H and O–H groups in total. The van der Waals surface area contributed by atoms with Gasteiger partial charge in [0.15, 0.2) is 0 Å². The van der Waals surface area contributed by atoms with Crippen LogP contribution in [-0.4, -0.2) is 86.5 Å². The first kappa shape index (κ1) is 30.8. The minimum atomic E-state index is -0.942. The Labute approximate surface area is 266 Å². The van der Waals surface area contributed by atoms with E-state index in [0.717, 1.165) is 48.6 Å². The molecule has 1 aliphatic carbocycles. The van der Waals surface area contributed by atoms with Crippen LogP contribution in [0.25, 0.3) is 0 Å². The maximum Gasteiger partial charge on any atom is 0.321 e. The van der Waals surface area contributed by atoms with Crippen LogP contribution in [0.1, 0.15) is 65.6 Å². The molecule has 1 unspecified atom stereocenters. The van der Waals surface area contributed by atoms with Gasteiger partial charge in [-0.25, -0.2) is 0 Å². The maximum absolute atomic E-state index is 14.1. The van der Waals surface area contributed by atoms with Gasteiger partial charge in [0.05, 0.1) is 18.1 Å². The molecule has 2 atom stereocenters. The number of rotatable bonds is 7. The second-order valence-corrected chi connectivity index (χ2v) is 12.6. The van der Waals surface area contributed by atoms with Crippen LogP contribution in [0.5, 0.6) is 0 Å². The first-order valence-electron chi connectivity index (χ1n) is 16.4. The number of nitrogens with zero attached hydrogens (tertiary/aromatic N) is 3. The Hall–Kier alpha value is -4.17. The van der Waals surface area contributed by atoms with Crippen LogP contribution in [0, 0.1) is 0 Å². The number of ether oxygens (including phenoxy) is 1. The summed E-state index contributed by atoms with van der Waals surface area (Å²) in [4.78, 5) is 47.7. The molecule has 0 bridgehead atoms. The number of nitrogens with one attached hydrogen (secondary N) is 1. The topological polar surface area (TPSA) is 82.2 Å². The standard InChI is InChI=1S/C37H44N4O4/c1-3-45-36(44)37(27-11-5-4-6-12-27)20-17-30(29-13-7-9-15-32(29)37)35(43)41-21-18-28(19-22-41)38-34(42)31-14-8-10-16-33(31)40-25-23-39(2)24-26-40/h4-16,28,30H,3,17-26H2,1-2H3,(H,38,42)/t30-,37?/m1/s1. The number of para-hydroxylation sites is 1. The van der Waals surface area contributed by atoms with E-state index in [2.05, 4.69) is 22.2 Å². The van der Waals surface area contributed by atoms with Crippen LogP contribution in [0.15, 0.2) is 78.9 Å². The zero-order valence-corrected chi connectivity index (χ0v) is 26.4. The van der Waals surface area contributed by atoms with E-state index in [9.17, 15) is 14.4 Å². The summed E-state index contributed by atoms with van der Waals surface area (Å²) >= 11 is 0. The lowest BCUT2D eigenvalue weighted by atomic mass is 9.63. The number of piperidine rings is 1. The second kappa shape index (κ2) is 13.4. The highest BCUT2D eigenvalue weighted by Gasteiger charge is 2.50. The van der Waals surface area contributed by atoms with Gasteiger partial charge in [-0.2, -0.15) is 0 Å². The lowest BCUT2D eigenvalue weighted by molar-refractivity contribution is -0.149. The molecule has 0 saturated carbocycles. The Morgan fingerprint density at radius 2 is 1.49 bits per heavy atom. The number of piperazine rings is 1. The van der Waals surface area contributed by atoms with Crippen LogP contribution in [0.3, 0.4) is 0 Å². The smallest absolute Gasteiger partial charge is 0.321 e. The first-order valence-corrected chi connectivity index (χ1v) is 16.4. The Balaban J connectivity index is 1.14. The molecular weight excluding hydrogens is 564 g/mol. The third-order valence-electron chi connectivity index (χ3n) is 9.93. The van der Waals surface area contributed by atoms with Crippen LogP contribution >= 0.6 is 0 Å². The molecule has 45 heavy (non-hydrogen) atoms. The fraction of sp³-hybridized carbons (Fsp3) is 0.432. The molecule has 6 rings (SSSR count). The molecule has 0 radical (unpaired) electrons. The van der Waals surface area contributed by atoms with E-state index in [-0.39, 0.29) is 29.7 Å². The van der Waals surface area contributed by atoms with E-state index < -0.39 is 5.41 Å². The zero-order valence-electron chi connectivity index (χ0n) is 26.4. The second-order valence-electron chi connectivity index (χ2n) is 12.6. The van der Waals surface area contributed by atoms with Gasteiger partial charge >= 0.3 is 5.97 Å². The van der Waals surface area contributed by atoms with E-state index >= 15 is 0 Å². The Morgan fingerprint density at radius 3 is 2.22 bits per heavy atom. The Bertz CT molecular complexity index is 1510. The van der Waals surface area contributed by atoms with Crippen molar-refractivity contribution in [3.63, 3.8) is 0 Å². The van der Waals surface area contributed by atoms with Crippen molar-refractivity contribution in [2.75, 3.05) is 57.8 Å². The maximum atomic E-state index is 14.1. The van der Waals surface area contributed by atoms with E-state index in [1.165, 1.54) is 0 Å². The number of likely N-dealkylation sites (tertiary alicyclic amines) is 1. The number of fused-ring (bicyclic) bond motifs is 1. The van der Waals surface area contributed by atoms with Gasteiger partial charge < -0.3 is 24.8 Å². The van der Waals surface area contributed by atoms with Crippen molar-refractivity contribution in [1.29, 1.82) is 0 Å². The normalized spacial score (nSPS) is 22.4. The van der Waals surface area contributed by atoms with Gasteiger partial charge in [0.25, 0.3) is 5.91 Å². The number of amides is 2. The summed E-state index contributed by atoms with van der Waals surface area (Å²) < 4.78 is 5.66. The van der Waals surface area contributed by atoms with Crippen molar-refractivity contribution in [1.82, 2.24) is 15.1 Å². The number of likely N-dealkylation sites (N-methyl/N-ethyl adjacent to an activating group) is 1. The van der Waals surface area contributed by atoms with Gasteiger partial charge in [0.2, 0.25) is 5.91 Å². The molecule has 0 spiro atoms. The van der Waals surface area contributed by atoms with E-state index in [0.29, 0.717) is 50.9 Å². The molecule has 0 aromatic heterocycles. The highest BCUT2D eigenvalue weighted by atomic mass is 16.5. The summed E-state index contributed by atoms with van der Waals surface area (Å²) in [5.74, 6) is -0.542. The highest BCUT2D eigenvalue weighted by Crippen LogP contribution is 2.48. The minimum absolute atomic E-state index is 0.00952. The number of anilines is 1. The summed E-state index contributed by atoms with van der Waals surface area (Å²) in [6.45, 7) is 7.05. The molecule has 2 amide bonds. The van der Waals surface area contributed by atoms with Gasteiger partial charge in [0.1, 0.15) is 5.41 Å². The van der Waals surface area contributed by atoms with Crippen LogP contribution in [0.2, 0.25) is 0 Å². The van der Waals surface area contributed by atoms with Crippen molar-refractivity contribution in [2.24, 2.45) is 0 Å². The molecule has 3 aromatic rings. The molecule has 3 aliphatic rings. The Kier molecular flexibility index (Phi) is 9.21. The number of benzene rings is 3. The third-order valence-corrected chi connectivity index (χ3v) is 9.93. The third kappa shape index (κ3) is 6.08. The van der Waals surface area contributed by atoms with Gasteiger partial charge in [-0.3, -0.25) is 14.4 Å². The van der Waals surface area contributed by atoms with E-state index in [4.69, 9.17) is 4.74 Å². The fourth-order valence-electron chi connectivity index (χ4n) is 7.42. The van der Waals surface area contributed by atoms with Crippen molar-refractivity contribution < 1.29 is 19.1 Å². The van der Waals surface area contributed by atoms with Gasteiger partial charge in [-0.1, -0.05) is 66.7 Å². The minimum Gasteiger partial charge on any atom is -0.465 e. The monoisotopic (exact) mass is 608 g/mol. The van der Waals surface area contributed by atoms with Crippen LogP contribution in [0.4, 0.5) is 5.69 Å². The number of esters is 1. The molecule has 8 nitrogen and oxygen atoms in total. The summed E-state index contributed by atoms with van der Waals surface area (Å²) in [6, 6.07) is 25.6. The highest BCUT2D eigenvalue weighted by molar-refractivity contribution is 6.00. The summed E-state index contributed by atoms with van der Waals surface area (Å²) in [5.41, 5.74) is 3.42. The van der Waals surface area contributed by atoms with Gasteiger partial charge in [0, 0.05) is 51.0 Å². The molecule has 236 valence electrons. The molecule has 2 aliphatic heterocycles. The number of hydrogen-bond acceptors (Lipinski definition) is 6. The van der Waals surface area contributed by atoms with Crippen molar-refractivity contribution in [3.05, 3.63) is 101 Å². The number of carbonyl (C=O) groups excluding carboxylic acids is 3. The van der Waals surface area contributed by atoms with Gasteiger partial charge in [-0.15, -0.1) is 0 Å². The summed E-state index contributed by atoms with van der Waals surface area (Å²) in [6.07, 6.45) is 2.48.